The molecular weight excluding hydrogens is 681 g/mol. The second-order valence-electron chi connectivity index (χ2n) is 13.0. The summed E-state index contributed by atoms with van der Waals surface area (Å²) in [6, 6.07) is 20.9. The van der Waals surface area contributed by atoms with Gasteiger partial charge in [-0.25, -0.2) is 0 Å². The Morgan fingerprint density at radius 1 is 0.959 bits per heavy atom. The highest BCUT2D eigenvalue weighted by molar-refractivity contribution is 6.39. The molecule has 8 nitrogen and oxygen atoms in total. The molecule has 0 aromatic heterocycles. The molecule has 0 amide bonds. The molecule has 0 spiro atoms. The van der Waals surface area contributed by atoms with Gasteiger partial charge < -0.3 is 30.7 Å². The van der Waals surface area contributed by atoms with Crippen LogP contribution in [0.3, 0.4) is 0 Å². The van der Waals surface area contributed by atoms with Crippen molar-refractivity contribution in [3.8, 4) is 5.75 Å². The van der Waals surface area contributed by atoms with Crippen LogP contribution in [0.5, 0.6) is 5.75 Å². The first-order chi connectivity index (χ1) is 23.5. The maximum Gasteiger partial charge on any atom is 0.196 e. The molecule has 2 fully saturated rings. The Labute approximate surface area is 306 Å². The van der Waals surface area contributed by atoms with Gasteiger partial charge in [-0.05, 0) is 88.3 Å². The molecule has 3 aromatic carbocycles. The second kappa shape index (κ2) is 18.4. The number of ether oxygens (including phenoxy) is 1. The number of benzene rings is 3. The molecule has 2 aliphatic carbocycles. The standard InChI is InChI=1S/C16H25NO2.C13H16ClNO.C9H9Cl2N3/c1-17(2)12-14-7-4-5-10-16(14,18)13-8-6-9-15(11-13)19-3;1-15-13(9-5-4-8-12(13)16)10-6-2-3-7-11(10)14;10-6-2-1-3-7(11)8(6)14-9-12-4-5-13-9/h6,8-9,11,14,18H,4-5,7,10,12H2,1-3H3;2-3,6-7,15H,4-5,8-9H2,1H3;1-3H,4-5H2,(H2,12,13,14)/t14-,16+;;/m1../s1. The van der Waals surface area contributed by atoms with Gasteiger partial charge in [0.15, 0.2) is 11.7 Å². The highest BCUT2D eigenvalue weighted by Gasteiger charge is 2.42. The van der Waals surface area contributed by atoms with Crippen LogP contribution in [0.15, 0.2) is 71.7 Å². The van der Waals surface area contributed by atoms with Crippen LogP contribution in [-0.4, -0.2) is 69.6 Å². The van der Waals surface area contributed by atoms with Crippen LogP contribution < -0.4 is 20.7 Å². The minimum absolute atomic E-state index is 0.259. The summed E-state index contributed by atoms with van der Waals surface area (Å²) >= 11 is 18.2. The zero-order chi connectivity index (χ0) is 35.4. The molecule has 3 aromatic rings. The quantitative estimate of drug-likeness (QED) is 0.196. The number of ketones is 1. The van der Waals surface area contributed by atoms with Crippen molar-refractivity contribution < 1.29 is 14.6 Å². The molecule has 266 valence electrons. The molecule has 11 heteroatoms. The first kappa shape index (κ1) is 38.9. The van der Waals surface area contributed by atoms with Crippen LogP contribution in [0, 0.1) is 5.92 Å². The van der Waals surface area contributed by atoms with E-state index in [1.54, 1.807) is 25.3 Å². The van der Waals surface area contributed by atoms with Gasteiger partial charge in [0.25, 0.3) is 0 Å². The minimum Gasteiger partial charge on any atom is -0.497 e. The summed E-state index contributed by atoms with van der Waals surface area (Å²) in [5.41, 5.74) is 1.35. The van der Waals surface area contributed by atoms with Crippen molar-refractivity contribution in [2.24, 2.45) is 10.9 Å². The third-order valence-electron chi connectivity index (χ3n) is 9.51. The van der Waals surface area contributed by atoms with Crippen LogP contribution in [0.4, 0.5) is 5.69 Å². The van der Waals surface area contributed by atoms with Gasteiger partial charge in [-0.1, -0.05) is 90.5 Å². The second-order valence-corrected chi connectivity index (χ2v) is 14.2. The maximum absolute atomic E-state index is 12.2. The number of carbonyl (C=O) groups excluding carboxylic acids is 1. The molecule has 0 radical (unpaired) electrons. The molecule has 1 heterocycles. The molecular formula is C38H50Cl3N5O3. The average molecular weight is 731 g/mol. The summed E-state index contributed by atoms with van der Waals surface area (Å²) in [6.07, 6.45) is 7.79. The Hall–Kier alpha value is -2.85. The number of aliphatic hydroxyl groups is 1. The van der Waals surface area contributed by atoms with E-state index in [4.69, 9.17) is 39.5 Å². The Balaban J connectivity index is 0.000000167. The zero-order valence-electron chi connectivity index (χ0n) is 29.0. The lowest BCUT2D eigenvalue weighted by Gasteiger charge is -2.41. The summed E-state index contributed by atoms with van der Waals surface area (Å²) < 4.78 is 5.29. The Morgan fingerprint density at radius 3 is 2.29 bits per heavy atom. The highest BCUT2D eigenvalue weighted by Crippen LogP contribution is 2.43. The van der Waals surface area contributed by atoms with E-state index in [1.807, 2.05) is 55.6 Å². The lowest BCUT2D eigenvalue weighted by atomic mass is 9.71. The van der Waals surface area contributed by atoms with E-state index in [0.717, 1.165) is 81.0 Å². The van der Waals surface area contributed by atoms with Gasteiger partial charge in [-0.15, -0.1) is 0 Å². The van der Waals surface area contributed by atoms with Gasteiger partial charge in [-0.3, -0.25) is 9.79 Å². The molecule has 0 bridgehead atoms. The van der Waals surface area contributed by atoms with Crippen LogP contribution >= 0.6 is 34.8 Å². The van der Waals surface area contributed by atoms with Crippen molar-refractivity contribution in [1.29, 1.82) is 0 Å². The van der Waals surface area contributed by atoms with E-state index < -0.39 is 11.1 Å². The minimum atomic E-state index is -0.711. The number of guanidine groups is 1. The predicted molar refractivity (Wildman–Crippen MR) is 203 cm³/mol. The van der Waals surface area contributed by atoms with Crippen LogP contribution in [0.25, 0.3) is 0 Å². The molecule has 6 rings (SSSR count). The van der Waals surface area contributed by atoms with Crippen LogP contribution in [-0.2, 0) is 15.9 Å². The Bertz CT molecular complexity index is 1550. The fraction of sp³-hybridized carbons (Fsp3) is 0.474. The summed E-state index contributed by atoms with van der Waals surface area (Å²) in [5, 5.41) is 22.4. The van der Waals surface area contributed by atoms with Gasteiger partial charge in [0, 0.05) is 30.5 Å². The largest absolute Gasteiger partial charge is 0.497 e. The first-order valence-electron chi connectivity index (χ1n) is 17.0. The molecule has 0 saturated heterocycles. The highest BCUT2D eigenvalue weighted by atomic mass is 35.5. The number of Topliss-reactive ketones (excluding diaryl/α,β-unsaturated/α-hetero) is 1. The summed E-state index contributed by atoms with van der Waals surface area (Å²) in [5.74, 6) is 2.10. The van der Waals surface area contributed by atoms with Crippen molar-refractivity contribution >= 4 is 52.2 Å². The fourth-order valence-corrected chi connectivity index (χ4v) is 7.71. The van der Waals surface area contributed by atoms with Gasteiger partial charge >= 0.3 is 0 Å². The number of likely N-dealkylation sites (N-methyl/N-ethyl adjacent to an activating group) is 1. The smallest absolute Gasteiger partial charge is 0.196 e. The number of hydrogen-bond acceptors (Lipinski definition) is 8. The van der Waals surface area contributed by atoms with Crippen molar-refractivity contribution in [3.63, 3.8) is 0 Å². The third-order valence-corrected chi connectivity index (χ3v) is 10.5. The van der Waals surface area contributed by atoms with E-state index in [1.165, 1.54) is 6.42 Å². The number of nitrogens with zero attached hydrogens (tertiary/aromatic N) is 2. The monoisotopic (exact) mass is 729 g/mol. The van der Waals surface area contributed by atoms with E-state index >= 15 is 0 Å². The van der Waals surface area contributed by atoms with E-state index in [0.29, 0.717) is 33.1 Å². The third kappa shape index (κ3) is 9.90. The van der Waals surface area contributed by atoms with Crippen LogP contribution in [0.2, 0.25) is 15.1 Å². The number of methoxy groups -OCH3 is 1. The van der Waals surface area contributed by atoms with E-state index in [2.05, 4.69) is 39.9 Å². The average Bonchev–Trinajstić information content (AvgIpc) is 3.62. The topological polar surface area (TPSA) is 98.2 Å². The molecule has 2 saturated carbocycles. The Morgan fingerprint density at radius 2 is 1.65 bits per heavy atom. The van der Waals surface area contributed by atoms with E-state index in [-0.39, 0.29) is 5.78 Å². The SMILES string of the molecule is CNC1(c2ccccc2Cl)CCCCC1=O.COc1cccc([C@@]2(O)CCCC[C@@H]2CN(C)C)c1.Clc1cccc(Cl)c1NC1=NCCN1. The number of rotatable bonds is 7. The number of halogens is 3. The lowest BCUT2D eigenvalue weighted by Crippen LogP contribution is -2.49. The number of anilines is 1. The zero-order valence-corrected chi connectivity index (χ0v) is 31.3. The fourth-order valence-electron chi connectivity index (χ4n) is 6.92. The van der Waals surface area contributed by atoms with Crippen molar-refractivity contribution in [2.45, 2.75) is 62.5 Å². The van der Waals surface area contributed by atoms with Crippen molar-refractivity contribution in [3.05, 3.63) is 92.9 Å². The van der Waals surface area contributed by atoms with Gasteiger partial charge in [0.2, 0.25) is 0 Å². The van der Waals surface area contributed by atoms with Crippen LogP contribution in [0.1, 0.15) is 62.5 Å². The number of nitrogens with one attached hydrogen (secondary N) is 3. The first-order valence-corrected chi connectivity index (χ1v) is 18.2. The van der Waals surface area contributed by atoms with E-state index in [9.17, 15) is 9.90 Å². The lowest BCUT2D eigenvalue weighted by molar-refractivity contribution is -0.127. The molecule has 3 atom stereocenters. The number of aliphatic imine (C=N–C) groups is 1. The summed E-state index contributed by atoms with van der Waals surface area (Å²) in [6.45, 7) is 2.56. The van der Waals surface area contributed by atoms with Gasteiger partial charge in [0.1, 0.15) is 11.3 Å². The van der Waals surface area contributed by atoms with Gasteiger partial charge in [0.05, 0.1) is 35.0 Å². The molecule has 49 heavy (non-hydrogen) atoms. The number of hydrogen-bond donors (Lipinski definition) is 4. The summed E-state index contributed by atoms with van der Waals surface area (Å²) in [4.78, 5) is 18.5. The van der Waals surface area contributed by atoms with Crippen molar-refractivity contribution in [1.82, 2.24) is 15.5 Å². The number of para-hydroxylation sites is 1. The maximum atomic E-state index is 12.2. The van der Waals surface area contributed by atoms with Gasteiger partial charge in [-0.2, -0.15) is 0 Å². The molecule has 1 unspecified atom stereocenters. The molecule has 1 aliphatic heterocycles. The predicted octanol–water partition coefficient (Wildman–Crippen LogP) is 7.90. The Kier molecular flexibility index (Phi) is 14.6. The molecule has 4 N–H and O–H groups in total. The van der Waals surface area contributed by atoms with Crippen molar-refractivity contribution in [2.75, 3.05) is 53.2 Å². The normalized spacial score (nSPS) is 23.3. The number of carbonyl (C=O) groups is 1. The summed E-state index contributed by atoms with van der Waals surface area (Å²) in [7, 11) is 7.65. The molecule has 3 aliphatic rings.